The number of anilines is 1. The molecule has 0 saturated carbocycles. The van der Waals surface area contributed by atoms with Gasteiger partial charge < -0.3 is 10.6 Å². The number of hydrogen-bond acceptors (Lipinski definition) is 4. The fourth-order valence-corrected chi connectivity index (χ4v) is 2.32. The molecule has 1 atom stereocenters. The Morgan fingerprint density at radius 3 is 3.06 bits per heavy atom. The molecular weight excluding hydrogens is 212 g/mol. The van der Waals surface area contributed by atoms with Gasteiger partial charge in [-0.25, -0.2) is 9.97 Å². The molecular formula is C13H16N4. The van der Waals surface area contributed by atoms with Crippen LogP contribution < -0.4 is 10.6 Å². The normalized spacial score (nSPS) is 20.1. The molecule has 0 spiro atoms. The summed E-state index contributed by atoms with van der Waals surface area (Å²) in [5.74, 6) is 1.42. The van der Waals surface area contributed by atoms with Crippen molar-refractivity contribution in [2.24, 2.45) is 11.7 Å². The molecule has 2 aromatic rings. The maximum Gasteiger partial charge on any atom is 0.225 e. The second kappa shape index (κ2) is 4.30. The highest BCUT2D eigenvalue weighted by atomic mass is 15.3. The van der Waals surface area contributed by atoms with Gasteiger partial charge in [-0.2, -0.15) is 0 Å². The van der Waals surface area contributed by atoms with Gasteiger partial charge >= 0.3 is 0 Å². The molecule has 2 N–H and O–H groups in total. The molecule has 2 heterocycles. The van der Waals surface area contributed by atoms with E-state index in [1.54, 1.807) is 0 Å². The first-order valence-electron chi connectivity index (χ1n) is 6.03. The van der Waals surface area contributed by atoms with Crippen LogP contribution >= 0.6 is 0 Å². The van der Waals surface area contributed by atoms with Gasteiger partial charge in [0.2, 0.25) is 5.95 Å². The van der Waals surface area contributed by atoms with Crippen LogP contribution in [0.2, 0.25) is 0 Å². The van der Waals surface area contributed by atoms with Crippen molar-refractivity contribution in [2.45, 2.75) is 6.42 Å². The number of aromatic nitrogens is 2. The van der Waals surface area contributed by atoms with E-state index in [0.717, 1.165) is 42.9 Å². The van der Waals surface area contributed by atoms with Crippen LogP contribution in [0.3, 0.4) is 0 Å². The lowest BCUT2D eigenvalue weighted by Gasteiger charge is -2.16. The fraction of sp³-hybridized carbons (Fsp3) is 0.385. The first kappa shape index (κ1) is 10.5. The topological polar surface area (TPSA) is 55.0 Å². The van der Waals surface area contributed by atoms with Crippen molar-refractivity contribution in [3.05, 3.63) is 30.5 Å². The molecule has 0 radical (unpaired) electrons. The molecule has 1 aliphatic rings. The van der Waals surface area contributed by atoms with Crippen LogP contribution in [0.5, 0.6) is 0 Å². The molecule has 1 aromatic carbocycles. The summed E-state index contributed by atoms with van der Waals surface area (Å²) in [6.07, 6.45) is 3.04. The van der Waals surface area contributed by atoms with Crippen LogP contribution in [0.4, 0.5) is 5.95 Å². The maximum absolute atomic E-state index is 5.70. The minimum atomic E-state index is 0.588. The van der Waals surface area contributed by atoms with Crippen LogP contribution in [0, 0.1) is 5.92 Å². The second-order valence-electron chi connectivity index (χ2n) is 4.57. The van der Waals surface area contributed by atoms with Gasteiger partial charge in [-0.05, 0) is 24.9 Å². The summed E-state index contributed by atoms with van der Waals surface area (Å²) in [7, 11) is 0. The van der Waals surface area contributed by atoms with E-state index in [0.29, 0.717) is 5.92 Å². The quantitative estimate of drug-likeness (QED) is 0.844. The molecule has 1 aromatic heterocycles. The van der Waals surface area contributed by atoms with Crippen LogP contribution in [0.1, 0.15) is 6.42 Å². The Morgan fingerprint density at radius 2 is 2.24 bits per heavy atom. The van der Waals surface area contributed by atoms with E-state index in [9.17, 15) is 0 Å². The smallest absolute Gasteiger partial charge is 0.225 e. The van der Waals surface area contributed by atoms with Crippen molar-refractivity contribution in [1.29, 1.82) is 0 Å². The predicted molar refractivity (Wildman–Crippen MR) is 68.9 cm³/mol. The summed E-state index contributed by atoms with van der Waals surface area (Å²) in [5, 5.41) is 1.09. The fourth-order valence-electron chi connectivity index (χ4n) is 2.32. The van der Waals surface area contributed by atoms with Gasteiger partial charge in [0, 0.05) is 24.7 Å². The van der Waals surface area contributed by atoms with E-state index in [2.05, 4.69) is 14.9 Å². The van der Waals surface area contributed by atoms with Gasteiger partial charge in [0.25, 0.3) is 0 Å². The molecule has 0 aliphatic carbocycles. The van der Waals surface area contributed by atoms with Crippen LogP contribution in [0.15, 0.2) is 30.5 Å². The molecule has 17 heavy (non-hydrogen) atoms. The molecule has 1 unspecified atom stereocenters. The third-order valence-electron chi connectivity index (χ3n) is 3.38. The first-order chi connectivity index (χ1) is 8.36. The SMILES string of the molecule is NCC1CCN(c2ncc3ccccc3n2)C1. The maximum atomic E-state index is 5.70. The summed E-state index contributed by atoms with van der Waals surface area (Å²) < 4.78 is 0. The highest BCUT2D eigenvalue weighted by Crippen LogP contribution is 2.21. The van der Waals surface area contributed by atoms with Crippen molar-refractivity contribution in [1.82, 2.24) is 9.97 Å². The molecule has 1 saturated heterocycles. The van der Waals surface area contributed by atoms with E-state index >= 15 is 0 Å². The third-order valence-corrected chi connectivity index (χ3v) is 3.38. The van der Waals surface area contributed by atoms with E-state index in [-0.39, 0.29) is 0 Å². The number of rotatable bonds is 2. The number of nitrogens with two attached hydrogens (primary N) is 1. The average Bonchev–Trinajstić information content (AvgIpc) is 2.87. The van der Waals surface area contributed by atoms with Crippen molar-refractivity contribution in [3.8, 4) is 0 Å². The van der Waals surface area contributed by atoms with Crippen molar-refractivity contribution in [3.63, 3.8) is 0 Å². The van der Waals surface area contributed by atoms with Crippen LogP contribution in [-0.4, -0.2) is 29.6 Å². The Hall–Kier alpha value is -1.68. The summed E-state index contributed by atoms with van der Waals surface area (Å²) in [6, 6.07) is 8.07. The number of nitrogens with zero attached hydrogens (tertiary/aromatic N) is 3. The number of benzene rings is 1. The summed E-state index contributed by atoms with van der Waals surface area (Å²) in [5.41, 5.74) is 6.71. The monoisotopic (exact) mass is 228 g/mol. The molecule has 3 rings (SSSR count). The molecule has 4 heteroatoms. The minimum Gasteiger partial charge on any atom is -0.340 e. The standard InChI is InChI=1S/C13H16N4/c14-7-10-5-6-17(9-10)13-15-8-11-3-1-2-4-12(11)16-13/h1-4,8,10H,5-7,9,14H2. The highest BCUT2D eigenvalue weighted by molar-refractivity contribution is 5.78. The van der Waals surface area contributed by atoms with Crippen molar-refractivity contribution in [2.75, 3.05) is 24.5 Å². The lowest BCUT2D eigenvalue weighted by molar-refractivity contribution is 0.602. The lowest BCUT2D eigenvalue weighted by atomic mass is 10.1. The van der Waals surface area contributed by atoms with Crippen LogP contribution in [-0.2, 0) is 0 Å². The highest BCUT2D eigenvalue weighted by Gasteiger charge is 2.23. The van der Waals surface area contributed by atoms with Crippen molar-refractivity contribution >= 4 is 16.9 Å². The van der Waals surface area contributed by atoms with E-state index in [1.807, 2.05) is 30.5 Å². The summed E-state index contributed by atoms with van der Waals surface area (Å²) >= 11 is 0. The average molecular weight is 228 g/mol. The Balaban J connectivity index is 1.91. The summed E-state index contributed by atoms with van der Waals surface area (Å²) in [4.78, 5) is 11.3. The Kier molecular flexibility index (Phi) is 2.65. The Morgan fingerprint density at radius 1 is 1.35 bits per heavy atom. The zero-order valence-corrected chi connectivity index (χ0v) is 9.71. The number of para-hydroxylation sites is 1. The van der Waals surface area contributed by atoms with Gasteiger partial charge in [-0.3, -0.25) is 0 Å². The van der Waals surface area contributed by atoms with Crippen molar-refractivity contribution < 1.29 is 0 Å². The number of fused-ring (bicyclic) bond motifs is 1. The van der Waals surface area contributed by atoms with Crippen LogP contribution in [0.25, 0.3) is 10.9 Å². The predicted octanol–water partition coefficient (Wildman–Crippen LogP) is 1.41. The van der Waals surface area contributed by atoms with E-state index in [4.69, 9.17) is 5.73 Å². The lowest BCUT2D eigenvalue weighted by Crippen LogP contribution is -2.24. The Labute approximate surface area is 100 Å². The molecule has 88 valence electrons. The van der Waals surface area contributed by atoms with Gasteiger partial charge in [-0.15, -0.1) is 0 Å². The van der Waals surface area contributed by atoms with E-state index in [1.165, 1.54) is 0 Å². The first-order valence-corrected chi connectivity index (χ1v) is 6.03. The third kappa shape index (κ3) is 1.96. The zero-order valence-electron chi connectivity index (χ0n) is 9.71. The molecule has 0 bridgehead atoms. The summed E-state index contributed by atoms with van der Waals surface area (Å²) in [6.45, 7) is 2.75. The van der Waals surface area contributed by atoms with E-state index < -0.39 is 0 Å². The largest absolute Gasteiger partial charge is 0.340 e. The molecule has 1 aliphatic heterocycles. The Bertz CT molecular complexity index is 526. The zero-order chi connectivity index (χ0) is 11.7. The van der Waals surface area contributed by atoms with Gasteiger partial charge in [0.1, 0.15) is 0 Å². The number of hydrogen-bond donors (Lipinski definition) is 1. The molecule has 0 amide bonds. The minimum absolute atomic E-state index is 0.588. The second-order valence-corrected chi connectivity index (χ2v) is 4.57. The molecule has 4 nitrogen and oxygen atoms in total. The van der Waals surface area contributed by atoms with Gasteiger partial charge in [-0.1, -0.05) is 18.2 Å². The van der Waals surface area contributed by atoms with Gasteiger partial charge in [0.15, 0.2) is 0 Å². The van der Waals surface area contributed by atoms with Gasteiger partial charge in [0.05, 0.1) is 5.52 Å². The molecule has 1 fully saturated rings.